The first-order valence-electron chi connectivity index (χ1n) is 9.59. The zero-order chi connectivity index (χ0) is 24.8. The van der Waals surface area contributed by atoms with E-state index in [1.807, 2.05) is 0 Å². The van der Waals surface area contributed by atoms with E-state index in [1.165, 1.54) is 36.4 Å². The fourth-order valence-electron chi connectivity index (χ4n) is 2.81. The zero-order valence-corrected chi connectivity index (χ0v) is 19.0. The normalized spacial score (nSPS) is 10.5. The Morgan fingerprint density at radius 1 is 0.882 bits per heavy atom. The fraction of sp³-hybridized carbons (Fsp3) is 0.130. The van der Waals surface area contributed by atoms with E-state index in [-0.39, 0.29) is 40.8 Å². The minimum atomic E-state index is -1.45. The number of methoxy groups -OCH3 is 1. The second kappa shape index (κ2) is 11.1. The van der Waals surface area contributed by atoms with Crippen LogP contribution in [0.15, 0.2) is 48.5 Å². The molecular weight excluding hydrogens is 498 g/mol. The molecule has 3 aromatic rings. The number of anilines is 1. The third kappa shape index (κ3) is 5.92. The third-order valence-corrected chi connectivity index (χ3v) is 4.97. The van der Waals surface area contributed by atoms with Crippen molar-refractivity contribution in [2.75, 3.05) is 25.6 Å². The average molecular weight is 514 g/mol. The van der Waals surface area contributed by atoms with Gasteiger partial charge in [0.1, 0.15) is 19.0 Å². The van der Waals surface area contributed by atoms with Crippen LogP contribution < -0.4 is 14.8 Å². The van der Waals surface area contributed by atoms with E-state index in [0.29, 0.717) is 11.1 Å². The third-order valence-electron chi connectivity index (χ3n) is 4.42. The molecule has 34 heavy (non-hydrogen) atoms. The highest BCUT2D eigenvalue weighted by molar-refractivity contribution is 6.37. The van der Waals surface area contributed by atoms with Gasteiger partial charge in [0, 0.05) is 5.02 Å². The molecule has 0 aromatic heterocycles. The van der Waals surface area contributed by atoms with E-state index in [2.05, 4.69) is 5.32 Å². The molecule has 1 amide bonds. The second-order valence-corrected chi connectivity index (χ2v) is 7.49. The maximum Gasteiger partial charge on any atom is 0.340 e. The average Bonchev–Trinajstić information content (AvgIpc) is 2.81. The van der Waals surface area contributed by atoms with Crippen molar-refractivity contribution >= 4 is 40.8 Å². The van der Waals surface area contributed by atoms with Crippen molar-refractivity contribution < 1.29 is 37.0 Å². The van der Waals surface area contributed by atoms with Gasteiger partial charge in [0.2, 0.25) is 5.82 Å². The summed E-state index contributed by atoms with van der Waals surface area (Å²) >= 11 is 11.9. The first-order valence-corrected chi connectivity index (χ1v) is 10.3. The van der Waals surface area contributed by atoms with Gasteiger partial charge in [-0.25, -0.2) is 13.6 Å². The monoisotopic (exact) mass is 513 g/mol. The van der Waals surface area contributed by atoms with Crippen LogP contribution in [0.2, 0.25) is 10.0 Å². The number of rotatable bonds is 8. The van der Waals surface area contributed by atoms with Crippen LogP contribution in [0.25, 0.3) is 0 Å². The van der Waals surface area contributed by atoms with Crippen LogP contribution in [-0.4, -0.2) is 32.2 Å². The van der Waals surface area contributed by atoms with Gasteiger partial charge < -0.3 is 19.5 Å². The lowest BCUT2D eigenvalue weighted by Crippen LogP contribution is -2.16. The number of carbonyl (C=O) groups excluding carboxylic acids is 2. The molecule has 0 bridgehead atoms. The van der Waals surface area contributed by atoms with Crippen LogP contribution in [0.1, 0.15) is 20.7 Å². The lowest BCUT2D eigenvalue weighted by atomic mass is 10.1. The highest BCUT2D eigenvalue weighted by atomic mass is 35.5. The summed E-state index contributed by atoms with van der Waals surface area (Å²) in [4.78, 5) is 24.8. The Bertz CT molecular complexity index is 1240. The predicted octanol–water partition coefficient (Wildman–Crippen LogP) is 5.91. The largest absolute Gasteiger partial charge is 0.490 e. The molecule has 0 aliphatic carbocycles. The van der Waals surface area contributed by atoms with Crippen molar-refractivity contribution in [2.24, 2.45) is 0 Å². The van der Waals surface area contributed by atoms with Crippen molar-refractivity contribution in [3.8, 4) is 11.5 Å². The van der Waals surface area contributed by atoms with Crippen LogP contribution in [0.5, 0.6) is 11.5 Å². The molecule has 0 heterocycles. The summed E-state index contributed by atoms with van der Waals surface area (Å²) in [6, 6.07) is 9.84. The molecule has 1 N–H and O–H groups in total. The lowest BCUT2D eigenvalue weighted by molar-refractivity contribution is 0.0601. The molecule has 0 radical (unpaired) electrons. The van der Waals surface area contributed by atoms with Gasteiger partial charge in [-0.05, 0) is 48.5 Å². The SMILES string of the molecule is COC(=O)c1cc(OCCOc2c(F)ccc(F)c2F)ccc1NC(=O)c1ccc(Cl)cc1Cl. The number of hydrogen-bond acceptors (Lipinski definition) is 5. The topological polar surface area (TPSA) is 73.9 Å². The van der Waals surface area contributed by atoms with E-state index in [9.17, 15) is 22.8 Å². The number of halogens is 5. The Balaban J connectivity index is 1.70. The zero-order valence-electron chi connectivity index (χ0n) is 17.5. The molecule has 0 saturated heterocycles. The van der Waals surface area contributed by atoms with Crippen molar-refractivity contribution in [2.45, 2.75) is 0 Å². The van der Waals surface area contributed by atoms with Gasteiger partial charge in [0.15, 0.2) is 17.4 Å². The molecule has 178 valence electrons. The number of nitrogens with one attached hydrogen (secondary N) is 1. The van der Waals surface area contributed by atoms with Gasteiger partial charge >= 0.3 is 5.97 Å². The number of esters is 1. The molecular formula is C23H16Cl2F3NO5. The number of ether oxygens (including phenoxy) is 3. The van der Waals surface area contributed by atoms with E-state index in [1.54, 1.807) is 0 Å². The Morgan fingerprint density at radius 3 is 2.29 bits per heavy atom. The highest BCUT2D eigenvalue weighted by Crippen LogP contribution is 2.27. The van der Waals surface area contributed by atoms with Crippen molar-refractivity contribution in [3.63, 3.8) is 0 Å². The maximum atomic E-state index is 13.6. The van der Waals surface area contributed by atoms with Crippen LogP contribution in [0.3, 0.4) is 0 Å². The van der Waals surface area contributed by atoms with E-state index < -0.39 is 35.1 Å². The molecule has 0 atom stereocenters. The van der Waals surface area contributed by atoms with E-state index in [4.69, 9.17) is 37.4 Å². The molecule has 0 fully saturated rings. The molecule has 6 nitrogen and oxygen atoms in total. The molecule has 11 heteroatoms. The maximum absolute atomic E-state index is 13.6. The van der Waals surface area contributed by atoms with Gasteiger partial charge in [-0.15, -0.1) is 0 Å². The second-order valence-electron chi connectivity index (χ2n) is 6.65. The summed E-state index contributed by atoms with van der Waals surface area (Å²) in [5.74, 6) is -5.81. The fourth-order valence-corrected chi connectivity index (χ4v) is 3.30. The summed E-state index contributed by atoms with van der Waals surface area (Å²) in [7, 11) is 1.16. The van der Waals surface area contributed by atoms with Gasteiger partial charge in [-0.3, -0.25) is 4.79 Å². The molecule has 0 aliphatic heterocycles. The van der Waals surface area contributed by atoms with Crippen molar-refractivity contribution in [1.29, 1.82) is 0 Å². The minimum absolute atomic E-state index is 0.0263. The van der Waals surface area contributed by atoms with Gasteiger partial charge in [-0.2, -0.15) is 4.39 Å². The Kier molecular flexibility index (Phi) is 8.25. The molecule has 0 spiro atoms. The Labute approximate surface area is 202 Å². The molecule has 0 aliphatic rings. The van der Waals surface area contributed by atoms with Crippen LogP contribution >= 0.6 is 23.2 Å². The summed E-state index contributed by atoms with van der Waals surface area (Å²) < 4.78 is 55.6. The summed E-state index contributed by atoms with van der Waals surface area (Å²) in [6.07, 6.45) is 0. The highest BCUT2D eigenvalue weighted by Gasteiger charge is 2.19. The lowest BCUT2D eigenvalue weighted by Gasteiger charge is -2.14. The number of amides is 1. The smallest absolute Gasteiger partial charge is 0.340 e. The van der Waals surface area contributed by atoms with Crippen LogP contribution in [0, 0.1) is 17.5 Å². The van der Waals surface area contributed by atoms with Gasteiger partial charge in [0.25, 0.3) is 5.91 Å². The molecule has 3 rings (SSSR count). The summed E-state index contributed by atoms with van der Waals surface area (Å²) in [5, 5.41) is 3.04. The minimum Gasteiger partial charge on any atom is -0.490 e. The van der Waals surface area contributed by atoms with Crippen LogP contribution in [-0.2, 0) is 4.74 Å². The molecule has 3 aromatic carbocycles. The Morgan fingerprint density at radius 2 is 1.59 bits per heavy atom. The quantitative estimate of drug-likeness (QED) is 0.230. The van der Waals surface area contributed by atoms with Gasteiger partial charge in [0.05, 0.1) is 28.9 Å². The predicted molar refractivity (Wildman–Crippen MR) is 120 cm³/mol. The van der Waals surface area contributed by atoms with E-state index in [0.717, 1.165) is 13.2 Å². The number of carbonyl (C=O) groups is 2. The Hall–Kier alpha value is -3.43. The first-order chi connectivity index (χ1) is 16.2. The summed E-state index contributed by atoms with van der Waals surface area (Å²) in [5.41, 5.74) is 0.230. The standard InChI is InChI=1S/C23H16Cl2F3NO5/c1-32-23(31)15-11-13(33-8-9-34-21-18(27)6-5-17(26)20(21)28)3-7-19(15)29-22(30)14-4-2-12(24)10-16(14)25/h2-7,10-11H,8-9H2,1H3,(H,29,30). The summed E-state index contributed by atoms with van der Waals surface area (Å²) in [6.45, 7) is -0.513. The molecule has 0 saturated carbocycles. The van der Waals surface area contributed by atoms with Crippen molar-refractivity contribution in [1.82, 2.24) is 0 Å². The van der Waals surface area contributed by atoms with Gasteiger partial charge in [-0.1, -0.05) is 23.2 Å². The number of hydrogen-bond donors (Lipinski definition) is 1. The van der Waals surface area contributed by atoms with E-state index >= 15 is 0 Å². The first kappa shape index (κ1) is 25.2. The number of benzene rings is 3. The van der Waals surface area contributed by atoms with Crippen LogP contribution in [0.4, 0.5) is 18.9 Å². The molecule has 0 unspecified atom stereocenters. The van der Waals surface area contributed by atoms with Crippen molar-refractivity contribution in [3.05, 3.63) is 87.2 Å².